The summed E-state index contributed by atoms with van der Waals surface area (Å²) in [6.07, 6.45) is 0.906. The molecular weight excluding hydrogens is 248 g/mol. The number of amides is 1. The van der Waals surface area contributed by atoms with Gasteiger partial charge in [-0.3, -0.25) is 9.59 Å². The van der Waals surface area contributed by atoms with Crippen molar-refractivity contribution in [3.05, 3.63) is 10.6 Å². The second-order valence-corrected chi connectivity index (χ2v) is 5.18. The predicted octanol–water partition coefficient (Wildman–Crippen LogP) is -0.650. The maximum atomic E-state index is 11.4. The summed E-state index contributed by atoms with van der Waals surface area (Å²) in [6.45, 7) is 0. The third kappa shape index (κ3) is 3.82. The van der Waals surface area contributed by atoms with Gasteiger partial charge in [0, 0.05) is 5.70 Å². The summed E-state index contributed by atoms with van der Waals surface area (Å²) in [4.78, 5) is 22.2. The van der Waals surface area contributed by atoms with Crippen LogP contribution in [0, 0.1) is 0 Å². The zero-order chi connectivity index (χ0) is 13.1. The van der Waals surface area contributed by atoms with Crippen molar-refractivity contribution in [1.29, 1.82) is 0 Å². The second-order valence-electron chi connectivity index (χ2n) is 3.60. The molecule has 1 rings (SSSR count). The maximum absolute atomic E-state index is 11.4. The van der Waals surface area contributed by atoms with Gasteiger partial charge in [0.2, 0.25) is 15.9 Å². The lowest BCUT2D eigenvalue weighted by molar-refractivity contribution is -0.143. The van der Waals surface area contributed by atoms with Crippen molar-refractivity contribution in [2.24, 2.45) is 5.14 Å². The highest BCUT2D eigenvalue weighted by molar-refractivity contribution is 7.93. The second kappa shape index (κ2) is 5.28. The number of hydrogen-bond acceptors (Lipinski definition) is 5. The smallest absolute Gasteiger partial charge is 0.315 e. The number of primary sulfonamides is 1. The van der Waals surface area contributed by atoms with Gasteiger partial charge in [0.1, 0.15) is 6.42 Å². The minimum absolute atomic E-state index is 0.0377. The van der Waals surface area contributed by atoms with Gasteiger partial charge in [-0.2, -0.15) is 0 Å². The van der Waals surface area contributed by atoms with E-state index in [0.29, 0.717) is 19.3 Å². The molecule has 0 saturated heterocycles. The molecule has 1 aliphatic carbocycles. The summed E-state index contributed by atoms with van der Waals surface area (Å²) in [5.74, 6) is -1.28. The summed E-state index contributed by atoms with van der Waals surface area (Å²) >= 11 is 0. The van der Waals surface area contributed by atoms with E-state index in [2.05, 4.69) is 10.1 Å². The van der Waals surface area contributed by atoms with Gasteiger partial charge in [0.25, 0.3) is 0 Å². The van der Waals surface area contributed by atoms with E-state index in [1.807, 2.05) is 0 Å². The van der Waals surface area contributed by atoms with Crippen LogP contribution in [0.25, 0.3) is 0 Å². The Labute approximate surface area is 99.1 Å². The van der Waals surface area contributed by atoms with E-state index in [4.69, 9.17) is 5.14 Å². The predicted molar refractivity (Wildman–Crippen MR) is 58.8 cm³/mol. The van der Waals surface area contributed by atoms with Gasteiger partial charge in [-0.1, -0.05) is 0 Å². The van der Waals surface area contributed by atoms with Crippen molar-refractivity contribution in [2.75, 3.05) is 7.11 Å². The number of carbonyl (C=O) groups excluding carboxylic acids is 2. The van der Waals surface area contributed by atoms with Gasteiger partial charge in [-0.05, 0) is 19.3 Å². The summed E-state index contributed by atoms with van der Waals surface area (Å²) in [5, 5.41) is 7.39. The highest BCUT2D eigenvalue weighted by atomic mass is 32.2. The Bertz CT molecular complexity index is 466. The van der Waals surface area contributed by atoms with Crippen molar-refractivity contribution in [2.45, 2.75) is 25.7 Å². The Morgan fingerprint density at radius 2 is 2.06 bits per heavy atom. The summed E-state index contributed by atoms with van der Waals surface area (Å²) in [7, 11) is -2.62. The van der Waals surface area contributed by atoms with E-state index in [1.165, 1.54) is 7.11 Å². The van der Waals surface area contributed by atoms with Crippen LogP contribution in [0.1, 0.15) is 25.7 Å². The molecule has 0 radical (unpaired) electrons. The maximum Gasteiger partial charge on any atom is 0.315 e. The van der Waals surface area contributed by atoms with Gasteiger partial charge in [0.05, 0.1) is 12.0 Å². The van der Waals surface area contributed by atoms with Crippen molar-refractivity contribution in [3.63, 3.8) is 0 Å². The van der Waals surface area contributed by atoms with E-state index < -0.39 is 28.3 Å². The molecule has 1 amide bonds. The Morgan fingerprint density at radius 1 is 1.41 bits per heavy atom. The molecule has 0 fully saturated rings. The van der Waals surface area contributed by atoms with E-state index in [-0.39, 0.29) is 10.6 Å². The van der Waals surface area contributed by atoms with Crippen LogP contribution < -0.4 is 10.5 Å². The number of sulfonamides is 1. The molecule has 0 heterocycles. The van der Waals surface area contributed by atoms with E-state index in [1.54, 1.807) is 0 Å². The molecule has 0 atom stereocenters. The normalized spacial score (nSPS) is 15.9. The number of carbonyl (C=O) groups is 2. The molecule has 0 aromatic rings. The van der Waals surface area contributed by atoms with Crippen LogP contribution in [-0.4, -0.2) is 27.4 Å². The summed E-state index contributed by atoms with van der Waals surface area (Å²) in [5.41, 5.74) is 0.279. The molecular formula is C9H14N2O5S. The first kappa shape index (κ1) is 13.7. The van der Waals surface area contributed by atoms with Crippen LogP contribution in [0.15, 0.2) is 10.6 Å². The van der Waals surface area contributed by atoms with Gasteiger partial charge < -0.3 is 10.1 Å². The fourth-order valence-electron chi connectivity index (χ4n) is 1.58. The quantitative estimate of drug-likeness (QED) is 0.516. The number of esters is 1. The van der Waals surface area contributed by atoms with Gasteiger partial charge in [0.15, 0.2) is 0 Å². The fraction of sp³-hybridized carbons (Fsp3) is 0.556. The minimum Gasteiger partial charge on any atom is -0.469 e. The average Bonchev–Trinajstić information content (AvgIpc) is 2.64. The third-order valence-electron chi connectivity index (χ3n) is 2.33. The number of nitrogens with two attached hydrogens (primary N) is 1. The lowest BCUT2D eigenvalue weighted by atomic mass is 10.3. The molecule has 0 aromatic carbocycles. The lowest BCUT2D eigenvalue weighted by Gasteiger charge is -2.07. The van der Waals surface area contributed by atoms with Crippen LogP contribution in [0.2, 0.25) is 0 Å². The molecule has 0 unspecified atom stereocenters. The molecule has 0 aliphatic heterocycles. The molecule has 17 heavy (non-hydrogen) atoms. The highest BCUT2D eigenvalue weighted by Crippen LogP contribution is 2.26. The largest absolute Gasteiger partial charge is 0.469 e. The van der Waals surface area contributed by atoms with Crippen LogP contribution in [0.3, 0.4) is 0 Å². The van der Waals surface area contributed by atoms with Gasteiger partial charge in [-0.15, -0.1) is 0 Å². The first-order chi connectivity index (χ1) is 7.84. The Balaban J connectivity index is 2.74. The average molecular weight is 262 g/mol. The lowest BCUT2D eigenvalue weighted by Crippen LogP contribution is -2.27. The topological polar surface area (TPSA) is 116 Å². The molecule has 0 bridgehead atoms. The first-order valence-corrected chi connectivity index (χ1v) is 6.50. The van der Waals surface area contributed by atoms with Crippen molar-refractivity contribution in [3.8, 4) is 0 Å². The standard InChI is InChI=1S/C9H14N2O5S/c1-16-9(13)5-8(12)11-6-3-2-4-7(6)17(10,14)15/h2-5H2,1H3,(H,11,12)(H2,10,14,15). The molecule has 0 saturated carbocycles. The van der Waals surface area contributed by atoms with Crippen LogP contribution >= 0.6 is 0 Å². The summed E-state index contributed by atoms with van der Waals surface area (Å²) in [6, 6.07) is 0. The molecule has 1 aliphatic rings. The zero-order valence-corrected chi connectivity index (χ0v) is 10.2. The monoisotopic (exact) mass is 262 g/mol. The van der Waals surface area contributed by atoms with Crippen molar-refractivity contribution in [1.82, 2.24) is 5.32 Å². The molecule has 96 valence electrons. The highest BCUT2D eigenvalue weighted by Gasteiger charge is 2.24. The number of allylic oxidation sites excluding steroid dienone is 2. The minimum atomic E-state index is -3.78. The van der Waals surface area contributed by atoms with Gasteiger partial charge >= 0.3 is 5.97 Å². The molecule has 7 nitrogen and oxygen atoms in total. The van der Waals surface area contributed by atoms with E-state index >= 15 is 0 Å². The molecule has 0 aromatic heterocycles. The Kier molecular flexibility index (Phi) is 4.24. The van der Waals surface area contributed by atoms with Gasteiger partial charge in [-0.25, -0.2) is 13.6 Å². The van der Waals surface area contributed by atoms with Crippen LogP contribution in [0.5, 0.6) is 0 Å². The number of nitrogens with one attached hydrogen (secondary N) is 1. The molecule has 0 spiro atoms. The van der Waals surface area contributed by atoms with Crippen LogP contribution in [0.4, 0.5) is 0 Å². The fourth-order valence-corrected chi connectivity index (χ4v) is 2.50. The van der Waals surface area contributed by atoms with E-state index in [0.717, 1.165) is 0 Å². The number of rotatable bonds is 4. The number of hydrogen-bond donors (Lipinski definition) is 2. The number of methoxy groups -OCH3 is 1. The van der Waals surface area contributed by atoms with Crippen molar-refractivity contribution >= 4 is 21.9 Å². The molecule has 3 N–H and O–H groups in total. The first-order valence-electron chi connectivity index (χ1n) is 4.96. The zero-order valence-electron chi connectivity index (χ0n) is 9.36. The Hall–Kier alpha value is -1.41. The summed E-state index contributed by atoms with van der Waals surface area (Å²) < 4.78 is 26.7. The van der Waals surface area contributed by atoms with E-state index in [9.17, 15) is 18.0 Å². The molecule has 8 heteroatoms. The Morgan fingerprint density at radius 3 is 2.59 bits per heavy atom. The number of ether oxygens (including phenoxy) is 1. The SMILES string of the molecule is COC(=O)CC(=O)NC1=C(S(N)(=O)=O)CCC1. The third-order valence-corrected chi connectivity index (χ3v) is 3.47. The van der Waals surface area contributed by atoms with Crippen molar-refractivity contribution < 1.29 is 22.7 Å². The van der Waals surface area contributed by atoms with Crippen LogP contribution in [-0.2, 0) is 24.3 Å².